The maximum absolute atomic E-state index is 3.61. The molecule has 0 nitrogen and oxygen atoms in total. The fourth-order valence-electron chi connectivity index (χ4n) is 5.43. The molecule has 0 unspecified atom stereocenters. The van der Waals surface area contributed by atoms with Crippen LogP contribution in [-0.2, 0) is 0 Å². The Morgan fingerprint density at radius 3 is 2.07 bits per heavy atom. The summed E-state index contributed by atoms with van der Waals surface area (Å²) in [7, 11) is 0. The summed E-state index contributed by atoms with van der Waals surface area (Å²) in [5, 5.41) is 8.49. The van der Waals surface area contributed by atoms with Crippen LogP contribution in [0.2, 0.25) is 8.87 Å². The molecule has 0 N–H and O–H groups in total. The summed E-state index contributed by atoms with van der Waals surface area (Å²) in [6, 6.07) is 25.5. The fraction of sp³-hybridized carbons (Fsp3) is 0.308. The van der Waals surface area contributed by atoms with Crippen molar-refractivity contribution in [3.63, 3.8) is 0 Å². The van der Waals surface area contributed by atoms with E-state index in [0.29, 0.717) is 0 Å². The van der Waals surface area contributed by atoms with Gasteiger partial charge in [0, 0.05) is 0 Å². The maximum atomic E-state index is 3.61. The molecule has 1 heterocycles. The van der Waals surface area contributed by atoms with Crippen LogP contribution >= 0.6 is 0 Å². The molecule has 4 aromatic carbocycles. The molecule has 0 spiro atoms. The summed E-state index contributed by atoms with van der Waals surface area (Å²) < 4.78 is 6.44. The molecule has 136 valence electrons. The molecule has 5 rings (SSSR count). The molecule has 4 aromatic rings. The predicted molar refractivity (Wildman–Crippen MR) is 121 cm³/mol. The molecule has 0 atom stereocenters. The number of fused-ring (bicyclic) bond motifs is 3. The topological polar surface area (TPSA) is 0 Å². The van der Waals surface area contributed by atoms with Crippen LogP contribution in [0.15, 0.2) is 48.5 Å². The van der Waals surface area contributed by atoms with Gasteiger partial charge in [0.15, 0.2) is 0 Å². The Hall–Kier alpha value is -0.346. The summed E-state index contributed by atoms with van der Waals surface area (Å²) in [5.41, 5.74) is 0. The van der Waals surface area contributed by atoms with E-state index in [1.165, 1.54) is 56.1 Å². The van der Waals surface area contributed by atoms with Crippen molar-refractivity contribution < 1.29 is 37.7 Å². The van der Waals surface area contributed by atoms with Crippen LogP contribution in [0, 0.1) is 12.1 Å². The van der Waals surface area contributed by atoms with Gasteiger partial charge in [0.25, 0.3) is 0 Å². The van der Waals surface area contributed by atoms with Crippen molar-refractivity contribution in [2.75, 3.05) is 0 Å². The molecule has 0 fully saturated rings. The second-order valence-electron chi connectivity index (χ2n) is 8.12. The van der Waals surface area contributed by atoms with E-state index < -0.39 is 18.4 Å². The minimum absolute atomic E-state index is 0. The molecule has 1 aliphatic heterocycles. The van der Waals surface area contributed by atoms with Crippen molar-refractivity contribution in [3.05, 3.63) is 60.7 Å². The number of unbranched alkanes of at least 4 members (excludes halogenated alkanes) is 2. The van der Waals surface area contributed by atoms with Crippen molar-refractivity contribution >= 4 is 57.9 Å². The molecule has 0 bridgehead atoms. The molecule has 0 aliphatic carbocycles. The van der Waals surface area contributed by atoms with E-state index in [4.69, 9.17) is 0 Å². The number of benzene rings is 4. The average Bonchev–Trinajstić information content (AvgIpc) is 3.01. The zero-order valence-corrected chi connectivity index (χ0v) is 21.2. The zero-order chi connectivity index (χ0) is 18.4. The van der Waals surface area contributed by atoms with Gasteiger partial charge in [-0.25, -0.2) is 0 Å². The van der Waals surface area contributed by atoms with E-state index >= 15 is 0 Å². The molecule has 0 amide bonds. The second-order valence-corrected chi connectivity index (χ2v) is 20.2. The smallest absolute Gasteiger partial charge is 1.00 e. The monoisotopic (exact) mass is 472 g/mol. The summed E-state index contributed by atoms with van der Waals surface area (Å²) in [4.78, 5) is 0. The largest absolute Gasteiger partial charge is 1.00 e. The maximum Gasteiger partial charge on any atom is 1.00 e. The third-order valence-corrected chi connectivity index (χ3v) is 21.8. The summed E-state index contributed by atoms with van der Waals surface area (Å²) in [5.74, 6) is 0. The van der Waals surface area contributed by atoms with Crippen LogP contribution in [0.25, 0.3) is 32.3 Å². The van der Waals surface area contributed by atoms with Gasteiger partial charge in [-0.2, -0.15) is 0 Å². The Kier molecular flexibility index (Phi) is 7.58. The van der Waals surface area contributed by atoms with Gasteiger partial charge in [0.2, 0.25) is 0 Å². The van der Waals surface area contributed by atoms with Gasteiger partial charge in [0.1, 0.15) is 0 Å². The number of rotatable bonds is 6. The van der Waals surface area contributed by atoms with Crippen LogP contribution in [0.5, 0.6) is 0 Å². The summed E-state index contributed by atoms with van der Waals surface area (Å²) >= 11 is -2.67. The summed E-state index contributed by atoms with van der Waals surface area (Å²) in [6.07, 6.45) is 5.34. The zero-order valence-electron chi connectivity index (χ0n) is 18.4. The third kappa shape index (κ3) is 3.45. The summed E-state index contributed by atoms with van der Waals surface area (Å²) in [6.45, 7) is 4.69. The molecule has 29 heavy (non-hydrogen) atoms. The minimum atomic E-state index is -2.67. The van der Waals surface area contributed by atoms with E-state index in [-0.39, 0.29) is 37.7 Å². The van der Waals surface area contributed by atoms with Crippen LogP contribution in [0.3, 0.4) is 0 Å². The average molecular weight is 471 g/mol. The van der Waals surface area contributed by atoms with E-state index in [1.54, 1.807) is 17.9 Å². The number of hydrogen-bond donors (Lipinski definition) is 0. The molecule has 0 saturated heterocycles. The Labute approximate surface area is 203 Å². The van der Waals surface area contributed by atoms with Gasteiger partial charge < -0.3 is 0 Å². The van der Waals surface area contributed by atoms with Crippen LogP contribution < -0.4 is 44.9 Å². The van der Waals surface area contributed by atoms with Crippen molar-refractivity contribution in [1.82, 2.24) is 0 Å². The van der Waals surface area contributed by atoms with Gasteiger partial charge in [0.05, 0.1) is 0 Å². The predicted octanol–water partition coefficient (Wildman–Crippen LogP) is 0.231. The Morgan fingerprint density at radius 1 is 0.690 bits per heavy atom. The first-order valence-electron chi connectivity index (χ1n) is 10.5. The first-order chi connectivity index (χ1) is 13.3. The third-order valence-electron chi connectivity index (χ3n) is 6.65. The van der Waals surface area contributed by atoms with Crippen molar-refractivity contribution in [1.29, 1.82) is 0 Å². The van der Waals surface area contributed by atoms with Crippen molar-refractivity contribution in [3.8, 4) is 0 Å². The van der Waals surface area contributed by atoms with E-state index in [1.807, 2.05) is 0 Å². The normalized spacial score (nSPS) is 13.7. The van der Waals surface area contributed by atoms with E-state index in [2.05, 4.69) is 74.5 Å². The Morgan fingerprint density at radius 2 is 1.34 bits per heavy atom. The van der Waals surface area contributed by atoms with Gasteiger partial charge in [-0.1, -0.05) is 0 Å². The van der Waals surface area contributed by atoms with Crippen LogP contribution in [0.1, 0.15) is 39.5 Å². The Balaban J connectivity index is 0.00000120. The second kappa shape index (κ2) is 9.43. The van der Waals surface area contributed by atoms with Crippen molar-refractivity contribution in [2.24, 2.45) is 0 Å². The standard InChI is InChI=1S/C18H8.2C4H9.2Li.Sn/c1-2-8-14-13(7-1)15-9-3-4-11-17(15)18-12-6-5-10-16(14)18;2*1-3-4-2;;;/h1-7,9H;2*1,3-4H2,2H3;;;/q-2;;;2*+1;. The van der Waals surface area contributed by atoms with Crippen LogP contribution in [-0.4, -0.2) is 18.4 Å². The van der Waals surface area contributed by atoms with Gasteiger partial charge >= 0.3 is 205 Å². The van der Waals surface area contributed by atoms with Crippen LogP contribution in [0.4, 0.5) is 0 Å². The quantitative estimate of drug-likeness (QED) is 0.215. The molecular formula is C26H26Li2Sn. The SMILES string of the molecule is CCC[CH2][Sn]1([CH2]CCC)[c]2cc[c-]c3c4[c-]cccc4c4ccc[c]1c4c23.[Li+].[Li+]. The van der Waals surface area contributed by atoms with E-state index in [0.717, 1.165) is 0 Å². The molecule has 0 saturated carbocycles. The molecule has 0 aromatic heterocycles. The number of hydrogen-bond acceptors (Lipinski definition) is 0. The molecule has 3 heteroatoms. The first-order valence-corrected chi connectivity index (χ1v) is 17.4. The minimum Gasteiger partial charge on any atom is 1.00 e. The first kappa shape index (κ1) is 23.3. The van der Waals surface area contributed by atoms with E-state index in [9.17, 15) is 0 Å². The molecule has 0 radical (unpaired) electrons. The van der Waals surface area contributed by atoms with Gasteiger partial charge in [-0.3, -0.25) is 0 Å². The molecule has 1 aliphatic rings. The van der Waals surface area contributed by atoms with Gasteiger partial charge in [-0.05, 0) is 0 Å². The van der Waals surface area contributed by atoms with Gasteiger partial charge in [-0.15, -0.1) is 0 Å². The fourth-order valence-corrected chi connectivity index (χ4v) is 22.0. The molecular weight excluding hydrogens is 445 g/mol. The van der Waals surface area contributed by atoms with Crippen molar-refractivity contribution in [2.45, 2.75) is 48.4 Å². The Bertz CT molecular complexity index is 1070.